The lowest BCUT2D eigenvalue weighted by molar-refractivity contribution is 0.0697. The van der Waals surface area contributed by atoms with Crippen molar-refractivity contribution < 1.29 is 18.7 Å². The van der Waals surface area contributed by atoms with E-state index < -0.39 is 11.8 Å². The molecule has 2 aromatic rings. The first-order valence-electron chi connectivity index (χ1n) is 4.89. The van der Waals surface area contributed by atoms with E-state index in [-0.39, 0.29) is 21.4 Å². The Labute approximate surface area is 106 Å². The van der Waals surface area contributed by atoms with Gasteiger partial charge in [0.25, 0.3) is 5.22 Å². The molecule has 0 fully saturated rings. The van der Waals surface area contributed by atoms with Gasteiger partial charge < -0.3 is 15.3 Å². The highest BCUT2D eigenvalue weighted by atomic mass is 32.2. The van der Waals surface area contributed by atoms with Crippen LogP contribution in [0.15, 0.2) is 32.9 Å². The topological polar surface area (TPSA) is 89.3 Å². The van der Waals surface area contributed by atoms with Gasteiger partial charge >= 0.3 is 5.97 Å². The number of aryl methyl sites for hydroxylation is 1. The fourth-order valence-electron chi connectivity index (χ4n) is 1.31. The minimum Gasteiger partial charge on any atom is -0.478 e. The first kappa shape index (κ1) is 12.4. The highest BCUT2D eigenvalue weighted by Crippen LogP contribution is 2.31. The largest absolute Gasteiger partial charge is 0.478 e. The Balaban J connectivity index is 2.38. The number of nitrogens with two attached hydrogens (primary N) is 1. The van der Waals surface area contributed by atoms with E-state index in [2.05, 4.69) is 4.98 Å². The van der Waals surface area contributed by atoms with Crippen LogP contribution in [0.4, 0.5) is 10.1 Å². The van der Waals surface area contributed by atoms with Crippen LogP contribution in [0.3, 0.4) is 0 Å². The second kappa shape index (κ2) is 4.69. The number of rotatable bonds is 3. The van der Waals surface area contributed by atoms with Crippen molar-refractivity contribution in [1.82, 2.24) is 4.98 Å². The summed E-state index contributed by atoms with van der Waals surface area (Å²) in [5, 5.41) is 9.14. The van der Waals surface area contributed by atoms with Gasteiger partial charge in [-0.1, -0.05) is 0 Å². The monoisotopic (exact) mass is 268 g/mol. The molecule has 1 aromatic heterocycles. The van der Waals surface area contributed by atoms with Crippen LogP contribution in [-0.2, 0) is 0 Å². The third-order valence-corrected chi connectivity index (χ3v) is 3.02. The molecule has 0 saturated carbocycles. The van der Waals surface area contributed by atoms with Crippen molar-refractivity contribution in [2.45, 2.75) is 17.0 Å². The van der Waals surface area contributed by atoms with Crippen LogP contribution in [0.5, 0.6) is 0 Å². The third-order valence-electron chi connectivity index (χ3n) is 2.13. The Morgan fingerprint density at radius 3 is 2.83 bits per heavy atom. The molecule has 5 nitrogen and oxygen atoms in total. The molecule has 1 heterocycles. The average Bonchev–Trinajstić information content (AvgIpc) is 2.67. The number of hydrogen-bond acceptors (Lipinski definition) is 5. The molecule has 1 aromatic carbocycles. The zero-order valence-corrected chi connectivity index (χ0v) is 10.1. The number of halogens is 1. The van der Waals surface area contributed by atoms with Gasteiger partial charge in [0.1, 0.15) is 12.1 Å². The third kappa shape index (κ3) is 2.45. The second-order valence-corrected chi connectivity index (χ2v) is 4.53. The number of nitrogen functional groups attached to an aromatic ring is 1. The minimum atomic E-state index is -1.21. The van der Waals surface area contributed by atoms with Crippen molar-refractivity contribution in [2.75, 3.05) is 5.73 Å². The van der Waals surface area contributed by atoms with E-state index in [1.807, 2.05) is 0 Å². The number of hydrogen-bond donors (Lipinski definition) is 2. The zero-order valence-electron chi connectivity index (χ0n) is 9.31. The van der Waals surface area contributed by atoms with Crippen molar-refractivity contribution in [3.05, 3.63) is 35.5 Å². The summed E-state index contributed by atoms with van der Waals surface area (Å²) in [6.45, 7) is 1.73. The van der Waals surface area contributed by atoms with Crippen LogP contribution >= 0.6 is 11.8 Å². The predicted octanol–water partition coefficient (Wildman–Crippen LogP) is 2.55. The van der Waals surface area contributed by atoms with Crippen LogP contribution in [0, 0.1) is 12.7 Å². The quantitative estimate of drug-likeness (QED) is 0.831. The zero-order chi connectivity index (χ0) is 13.3. The molecule has 7 heteroatoms. The highest BCUT2D eigenvalue weighted by molar-refractivity contribution is 7.99. The van der Waals surface area contributed by atoms with Gasteiger partial charge in [0.15, 0.2) is 0 Å². The first-order valence-corrected chi connectivity index (χ1v) is 5.71. The predicted molar refractivity (Wildman–Crippen MR) is 63.1 cm³/mol. The molecule has 0 aliphatic heterocycles. The van der Waals surface area contributed by atoms with Crippen LogP contribution in [-0.4, -0.2) is 16.1 Å². The van der Waals surface area contributed by atoms with Gasteiger partial charge in [-0.2, -0.15) is 0 Å². The van der Waals surface area contributed by atoms with E-state index in [0.717, 1.165) is 23.9 Å². The van der Waals surface area contributed by atoms with Gasteiger partial charge in [-0.05, 0) is 30.8 Å². The smallest absolute Gasteiger partial charge is 0.337 e. The molecule has 3 N–H and O–H groups in total. The Morgan fingerprint density at radius 1 is 1.56 bits per heavy atom. The number of aromatic nitrogens is 1. The number of anilines is 1. The number of oxazole rings is 1. The Bertz CT molecular complexity index is 612. The number of carboxylic acid groups (broad SMARTS) is 1. The first-order chi connectivity index (χ1) is 8.47. The summed E-state index contributed by atoms with van der Waals surface area (Å²) < 4.78 is 18.7. The van der Waals surface area contributed by atoms with Gasteiger partial charge in [-0.25, -0.2) is 14.2 Å². The van der Waals surface area contributed by atoms with Crippen molar-refractivity contribution in [1.29, 1.82) is 0 Å². The van der Waals surface area contributed by atoms with Crippen molar-refractivity contribution in [3.8, 4) is 0 Å². The maximum Gasteiger partial charge on any atom is 0.337 e. The molecular formula is C11H9FN2O3S. The Morgan fingerprint density at radius 2 is 2.28 bits per heavy atom. The van der Waals surface area contributed by atoms with Crippen molar-refractivity contribution in [2.24, 2.45) is 0 Å². The van der Waals surface area contributed by atoms with E-state index in [9.17, 15) is 9.18 Å². The number of carboxylic acids is 1. The maximum absolute atomic E-state index is 13.6. The molecule has 18 heavy (non-hydrogen) atoms. The lowest BCUT2D eigenvalue weighted by Crippen LogP contribution is -2.03. The fraction of sp³-hybridized carbons (Fsp3) is 0.0909. The summed E-state index contributed by atoms with van der Waals surface area (Å²) in [5.41, 5.74) is 5.81. The summed E-state index contributed by atoms with van der Waals surface area (Å²) in [6.07, 6.45) is 1.43. The van der Waals surface area contributed by atoms with E-state index in [0.29, 0.717) is 5.69 Å². The van der Waals surface area contributed by atoms with E-state index in [1.165, 1.54) is 6.26 Å². The Hall–Kier alpha value is -2.02. The molecule has 0 saturated heterocycles. The summed E-state index contributed by atoms with van der Waals surface area (Å²) in [7, 11) is 0. The molecule has 94 valence electrons. The lowest BCUT2D eigenvalue weighted by atomic mass is 10.2. The molecule has 0 unspecified atom stereocenters. The van der Waals surface area contributed by atoms with Gasteiger partial charge in [-0.3, -0.25) is 0 Å². The molecule has 2 rings (SSSR count). The van der Waals surface area contributed by atoms with Crippen LogP contribution < -0.4 is 5.73 Å². The normalized spacial score (nSPS) is 10.6. The fourth-order valence-corrected chi connectivity index (χ4v) is 2.11. The SMILES string of the molecule is Cc1coc(Sc2cc(C(=O)O)c(N)cc2F)n1. The van der Waals surface area contributed by atoms with Crippen molar-refractivity contribution >= 4 is 23.4 Å². The summed E-state index contributed by atoms with van der Waals surface area (Å²) in [5.74, 6) is -1.82. The summed E-state index contributed by atoms with van der Waals surface area (Å²) >= 11 is 0.904. The van der Waals surface area contributed by atoms with E-state index in [1.54, 1.807) is 6.92 Å². The van der Waals surface area contributed by atoms with Gasteiger partial charge in [0.2, 0.25) is 0 Å². The standard InChI is InChI=1S/C11H9FN2O3S/c1-5-4-17-11(14-5)18-9-2-6(10(15)16)8(13)3-7(9)12/h2-4H,13H2,1H3,(H,15,16). The number of benzene rings is 1. The number of nitrogens with zero attached hydrogens (tertiary/aromatic N) is 1. The summed E-state index contributed by atoms with van der Waals surface area (Å²) in [6, 6.07) is 2.14. The maximum atomic E-state index is 13.6. The molecule has 0 radical (unpaired) electrons. The number of carbonyl (C=O) groups is 1. The molecule has 0 amide bonds. The minimum absolute atomic E-state index is 0.100. The Kier molecular flexibility index (Phi) is 3.24. The summed E-state index contributed by atoms with van der Waals surface area (Å²) in [4.78, 5) is 15.0. The van der Waals surface area contributed by atoms with E-state index >= 15 is 0 Å². The van der Waals surface area contributed by atoms with Gasteiger partial charge in [0.05, 0.1) is 16.2 Å². The van der Waals surface area contributed by atoms with Gasteiger partial charge in [0, 0.05) is 5.69 Å². The van der Waals surface area contributed by atoms with Crippen molar-refractivity contribution in [3.63, 3.8) is 0 Å². The average molecular weight is 268 g/mol. The van der Waals surface area contributed by atoms with Crippen LogP contribution in [0.25, 0.3) is 0 Å². The second-order valence-electron chi connectivity index (χ2n) is 3.53. The molecular weight excluding hydrogens is 259 g/mol. The molecule has 0 atom stereocenters. The van der Waals surface area contributed by atoms with Gasteiger partial charge in [-0.15, -0.1) is 0 Å². The molecule has 0 bridgehead atoms. The van der Waals surface area contributed by atoms with E-state index in [4.69, 9.17) is 15.3 Å². The highest BCUT2D eigenvalue weighted by Gasteiger charge is 2.15. The molecule has 0 aliphatic rings. The molecule has 0 aliphatic carbocycles. The number of aromatic carboxylic acids is 1. The lowest BCUT2D eigenvalue weighted by Gasteiger charge is -2.05. The van der Waals surface area contributed by atoms with Crippen LogP contribution in [0.2, 0.25) is 0 Å². The molecule has 0 spiro atoms. The van der Waals surface area contributed by atoms with Crippen LogP contribution in [0.1, 0.15) is 16.1 Å².